The zero-order valence-corrected chi connectivity index (χ0v) is 16.8. The number of carbonyl (C=O) groups is 2. The van der Waals surface area contributed by atoms with E-state index in [1.807, 2.05) is 0 Å². The van der Waals surface area contributed by atoms with Crippen molar-refractivity contribution in [2.24, 2.45) is 0 Å². The second-order valence-electron chi connectivity index (χ2n) is 6.54. The van der Waals surface area contributed by atoms with E-state index in [9.17, 15) is 19.8 Å². The van der Waals surface area contributed by atoms with Crippen LogP contribution in [0.5, 0.6) is 0 Å². The van der Waals surface area contributed by atoms with Crippen LogP contribution in [0.2, 0.25) is 5.28 Å². The van der Waals surface area contributed by atoms with E-state index in [4.69, 9.17) is 20.8 Å². The Hall–Kier alpha value is -3.26. The first-order valence-electron chi connectivity index (χ1n) is 9.20. The number of anilines is 1. The van der Waals surface area contributed by atoms with Crippen LogP contribution in [0.15, 0.2) is 29.1 Å². The average Bonchev–Trinajstić information content (AvgIpc) is 3.47. The van der Waals surface area contributed by atoms with Gasteiger partial charge in [-0.25, -0.2) is 4.98 Å². The number of furan rings is 1. The number of nitrogens with zero attached hydrogens (tertiary/aromatic N) is 4. The van der Waals surface area contributed by atoms with Crippen LogP contribution in [0.1, 0.15) is 23.7 Å². The standard InChI is InChI=1S/C17H18ClN7O6/c1-2-19-15(29)11-9(26)10(27)16(31-11)25-6-20-8-12(21-17(18)22-13(8)25)23-24-14(28)7-4-3-5-30-7/h3-6,9-11,16,26-27H,2H2,1H3,(H,19,29)(H,24,28)(H,21,22,23)/t9-,10+,11-,16+/m1/s1. The molecule has 0 spiro atoms. The number of hydrogen-bond donors (Lipinski definition) is 5. The van der Waals surface area contributed by atoms with Crippen molar-refractivity contribution in [3.8, 4) is 0 Å². The van der Waals surface area contributed by atoms with E-state index < -0.39 is 36.4 Å². The summed E-state index contributed by atoms with van der Waals surface area (Å²) in [5.41, 5.74) is 5.33. The monoisotopic (exact) mass is 451 g/mol. The quantitative estimate of drug-likeness (QED) is 0.244. The number of nitrogens with one attached hydrogen (secondary N) is 3. The molecule has 0 radical (unpaired) electrons. The second-order valence-corrected chi connectivity index (χ2v) is 6.88. The Morgan fingerprint density at radius 2 is 2.10 bits per heavy atom. The summed E-state index contributed by atoms with van der Waals surface area (Å²) in [6.45, 7) is 2.05. The first-order chi connectivity index (χ1) is 14.9. The lowest BCUT2D eigenvalue weighted by molar-refractivity contribution is -0.137. The maximum absolute atomic E-state index is 12.1. The predicted molar refractivity (Wildman–Crippen MR) is 105 cm³/mol. The zero-order valence-electron chi connectivity index (χ0n) is 16.0. The van der Waals surface area contributed by atoms with E-state index in [2.05, 4.69) is 31.1 Å². The van der Waals surface area contributed by atoms with Crippen molar-refractivity contribution in [3.63, 3.8) is 0 Å². The van der Waals surface area contributed by atoms with E-state index in [0.717, 1.165) is 0 Å². The molecule has 0 aromatic carbocycles. The van der Waals surface area contributed by atoms with E-state index in [-0.39, 0.29) is 28.0 Å². The number of imidazole rings is 1. The molecule has 1 saturated heterocycles. The van der Waals surface area contributed by atoms with Crippen LogP contribution >= 0.6 is 11.6 Å². The fraction of sp³-hybridized carbons (Fsp3) is 0.353. The summed E-state index contributed by atoms with van der Waals surface area (Å²) in [6.07, 6.45) is -2.70. The van der Waals surface area contributed by atoms with Crippen LogP contribution in [-0.4, -0.2) is 66.4 Å². The van der Waals surface area contributed by atoms with Crippen LogP contribution in [0.25, 0.3) is 11.2 Å². The third kappa shape index (κ3) is 3.90. The fourth-order valence-electron chi connectivity index (χ4n) is 3.13. The van der Waals surface area contributed by atoms with Crippen molar-refractivity contribution < 1.29 is 29.0 Å². The Bertz CT molecular complexity index is 1100. The first-order valence-corrected chi connectivity index (χ1v) is 9.57. The molecule has 1 aliphatic heterocycles. The van der Waals surface area contributed by atoms with Gasteiger partial charge in [0.25, 0.3) is 5.91 Å². The Kier molecular flexibility index (Phi) is 5.73. The molecule has 31 heavy (non-hydrogen) atoms. The van der Waals surface area contributed by atoms with Crippen molar-refractivity contribution in [1.82, 2.24) is 30.3 Å². The van der Waals surface area contributed by atoms with Crippen molar-refractivity contribution in [2.75, 3.05) is 12.0 Å². The minimum absolute atomic E-state index is 0.0713. The molecule has 4 heterocycles. The molecule has 13 nitrogen and oxygen atoms in total. The number of aromatic nitrogens is 4. The van der Waals surface area contributed by atoms with Gasteiger partial charge in [0.2, 0.25) is 5.28 Å². The highest BCUT2D eigenvalue weighted by Gasteiger charge is 2.47. The molecule has 14 heteroatoms. The number of hydrazine groups is 1. The highest BCUT2D eigenvalue weighted by Crippen LogP contribution is 2.33. The molecule has 0 bridgehead atoms. The van der Waals surface area contributed by atoms with Crippen molar-refractivity contribution >= 4 is 40.4 Å². The number of ether oxygens (including phenoxy) is 1. The molecule has 4 rings (SSSR count). The third-order valence-corrected chi connectivity index (χ3v) is 4.72. The van der Waals surface area contributed by atoms with Gasteiger partial charge in [-0.05, 0) is 30.7 Å². The molecule has 0 unspecified atom stereocenters. The number of rotatable bonds is 6. The van der Waals surface area contributed by atoms with Crippen LogP contribution in [0.3, 0.4) is 0 Å². The highest BCUT2D eigenvalue weighted by atomic mass is 35.5. The lowest BCUT2D eigenvalue weighted by atomic mass is 10.1. The van der Waals surface area contributed by atoms with E-state index in [1.165, 1.54) is 23.2 Å². The van der Waals surface area contributed by atoms with Gasteiger partial charge in [-0.3, -0.25) is 25.0 Å². The molecule has 5 N–H and O–H groups in total. The lowest BCUT2D eigenvalue weighted by Gasteiger charge is -2.16. The summed E-state index contributed by atoms with van der Waals surface area (Å²) in [5.74, 6) is -0.976. The lowest BCUT2D eigenvalue weighted by Crippen LogP contribution is -2.42. The van der Waals surface area contributed by atoms with Crippen molar-refractivity contribution in [2.45, 2.75) is 31.5 Å². The number of aliphatic hydroxyl groups excluding tert-OH is 2. The minimum Gasteiger partial charge on any atom is -0.459 e. The van der Waals surface area contributed by atoms with Gasteiger partial charge in [-0.1, -0.05) is 0 Å². The molecular weight excluding hydrogens is 434 g/mol. The van der Waals surface area contributed by atoms with E-state index in [1.54, 1.807) is 13.0 Å². The predicted octanol–water partition coefficient (Wildman–Crippen LogP) is -0.415. The molecule has 1 fully saturated rings. The summed E-state index contributed by atoms with van der Waals surface area (Å²) >= 11 is 6.01. The van der Waals surface area contributed by atoms with Gasteiger partial charge in [-0.15, -0.1) is 0 Å². The van der Waals surface area contributed by atoms with Crippen LogP contribution in [0, 0.1) is 0 Å². The molecule has 164 valence electrons. The molecule has 1 aliphatic rings. The van der Waals surface area contributed by atoms with Crippen LogP contribution in [-0.2, 0) is 9.53 Å². The van der Waals surface area contributed by atoms with Crippen molar-refractivity contribution in [1.29, 1.82) is 0 Å². The number of carbonyl (C=O) groups excluding carboxylic acids is 2. The second kappa shape index (κ2) is 8.47. The number of likely N-dealkylation sites (N-methyl/N-ethyl adjacent to an activating group) is 1. The molecule has 4 atom stereocenters. The van der Waals surface area contributed by atoms with Gasteiger partial charge in [0.1, 0.15) is 12.2 Å². The maximum Gasteiger partial charge on any atom is 0.305 e. The highest BCUT2D eigenvalue weighted by molar-refractivity contribution is 6.28. The van der Waals surface area contributed by atoms with Gasteiger partial charge in [0.15, 0.2) is 35.1 Å². The number of halogens is 1. The fourth-order valence-corrected chi connectivity index (χ4v) is 3.29. The van der Waals surface area contributed by atoms with E-state index in [0.29, 0.717) is 6.54 Å². The van der Waals surface area contributed by atoms with Crippen LogP contribution < -0.4 is 16.2 Å². The van der Waals surface area contributed by atoms with Crippen LogP contribution in [0.4, 0.5) is 5.82 Å². The summed E-state index contributed by atoms with van der Waals surface area (Å²) in [5, 5.41) is 23.0. The Morgan fingerprint density at radius 3 is 2.81 bits per heavy atom. The number of amides is 2. The van der Waals surface area contributed by atoms with E-state index >= 15 is 0 Å². The van der Waals surface area contributed by atoms with Gasteiger partial charge in [0, 0.05) is 6.54 Å². The molecule has 3 aromatic heterocycles. The topological polar surface area (TPSA) is 177 Å². The Morgan fingerprint density at radius 1 is 1.29 bits per heavy atom. The molecule has 0 saturated carbocycles. The van der Waals surface area contributed by atoms with Gasteiger partial charge >= 0.3 is 5.91 Å². The first kappa shape index (κ1) is 21.0. The molecule has 2 amide bonds. The Balaban J connectivity index is 1.60. The largest absolute Gasteiger partial charge is 0.459 e. The van der Waals surface area contributed by atoms with Gasteiger partial charge in [-0.2, -0.15) is 9.97 Å². The van der Waals surface area contributed by atoms with Gasteiger partial charge < -0.3 is 24.7 Å². The SMILES string of the molecule is CCNC(=O)[C@@H]1O[C@H](n2cnc3c(NNC(=O)c4ccco4)nc(Cl)nc32)[C@@H](O)[C@H]1O. The zero-order chi connectivity index (χ0) is 22.1. The minimum atomic E-state index is -1.46. The molecule has 3 aromatic rings. The maximum atomic E-state index is 12.1. The Labute approximate surface area is 179 Å². The normalized spacial score (nSPS) is 23.1. The average molecular weight is 452 g/mol. The molecule has 0 aliphatic carbocycles. The van der Waals surface area contributed by atoms with Gasteiger partial charge in [0.05, 0.1) is 12.6 Å². The smallest absolute Gasteiger partial charge is 0.305 e. The summed E-state index contributed by atoms with van der Waals surface area (Å²) in [7, 11) is 0. The van der Waals surface area contributed by atoms with Crippen molar-refractivity contribution in [3.05, 3.63) is 35.8 Å². The third-order valence-electron chi connectivity index (χ3n) is 4.56. The number of hydrogen-bond acceptors (Lipinski definition) is 10. The molecular formula is C17H18ClN7O6. The summed E-state index contributed by atoms with van der Waals surface area (Å²) in [6, 6.07) is 3.04. The number of aliphatic hydroxyl groups is 2. The number of fused-ring (bicyclic) bond motifs is 1. The summed E-state index contributed by atoms with van der Waals surface area (Å²) in [4.78, 5) is 36.4. The summed E-state index contributed by atoms with van der Waals surface area (Å²) < 4.78 is 11.9.